The lowest BCUT2D eigenvalue weighted by atomic mass is 10.1. The smallest absolute Gasteiger partial charge is 0.00489 e. The molecule has 0 spiro atoms. The van der Waals surface area contributed by atoms with Gasteiger partial charge in [-0.1, -0.05) is 178 Å². The van der Waals surface area contributed by atoms with E-state index in [9.17, 15) is 0 Å². The Hall–Kier alpha value is -1.08. The van der Waals surface area contributed by atoms with Crippen molar-refractivity contribution in [3.8, 4) is 0 Å². The van der Waals surface area contributed by atoms with Gasteiger partial charge >= 0.3 is 0 Å². The second kappa shape index (κ2) is 40.9. The summed E-state index contributed by atoms with van der Waals surface area (Å²) in [5.74, 6) is 0. The normalized spacial score (nSPS) is 12.3. The van der Waals surface area contributed by atoms with E-state index in [1.165, 1.54) is 193 Å². The minimum absolute atomic E-state index is 1.12. The standard InChI is InChI=1S/C42H79N/c1-3-5-7-9-11-13-15-17-19-21-23-25-27-29-31-33-35-37-39-41-43-42-40-38-36-34-32-30-28-26-24-22-20-18-16-14-12-10-8-6-4-2/h11-14,17-20,43H,3-10,15-16,21-42H2,1-2H3/b13-11-,14-12-,19-17-,20-18-. The molecule has 0 aliphatic heterocycles. The quantitative estimate of drug-likeness (QED) is 0.0559. The summed E-state index contributed by atoms with van der Waals surface area (Å²) < 4.78 is 0. The lowest BCUT2D eigenvalue weighted by Crippen LogP contribution is -2.16. The number of hydrogen-bond acceptors (Lipinski definition) is 1. The van der Waals surface area contributed by atoms with Crippen LogP contribution in [0.4, 0.5) is 0 Å². The highest BCUT2D eigenvalue weighted by Crippen LogP contribution is 2.12. The third kappa shape index (κ3) is 40.9. The maximum atomic E-state index is 3.68. The summed E-state index contributed by atoms with van der Waals surface area (Å²) in [6, 6.07) is 0. The van der Waals surface area contributed by atoms with Crippen LogP contribution in [0.25, 0.3) is 0 Å². The summed E-state index contributed by atoms with van der Waals surface area (Å²) in [5, 5.41) is 3.68. The lowest BCUT2D eigenvalue weighted by Gasteiger charge is -2.05. The molecule has 0 aromatic rings. The van der Waals surface area contributed by atoms with Gasteiger partial charge in [0.15, 0.2) is 0 Å². The van der Waals surface area contributed by atoms with Crippen molar-refractivity contribution < 1.29 is 0 Å². The van der Waals surface area contributed by atoms with Gasteiger partial charge in [0.25, 0.3) is 0 Å². The average molecular weight is 598 g/mol. The van der Waals surface area contributed by atoms with Gasteiger partial charge < -0.3 is 5.32 Å². The maximum Gasteiger partial charge on any atom is -0.00489 e. The van der Waals surface area contributed by atoms with Crippen LogP contribution in [0.1, 0.15) is 206 Å². The molecule has 0 saturated heterocycles. The third-order valence-corrected chi connectivity index (χ3v) is 8.61. The van der Waals surface area contributed by atoms with E-state index >= 15 is 0 Å². The fourth-order valence-corrected chi connectivity index (χ4v) is 5.66. The van der Waals surface area contributed by atoms with Crippen LogP contribution in [0.2, 0.25) is 0 Å². The number of allylic oxidation sites excluding steroid dienone is 8. The van der Waals surface area contributed by atoms with Gasteiger partial charge in [0.2, 0.25) is 0 Å². The van der Waals surface area contributed by atoms with Gasteiger partial charge in [-0.2, -0.15) is 0 Å². The van der Waals surface area contributed by atoms with E-state index in [1.807, 2.05) is 0 Å². The predicted octanol–water partition coefficient (Wildman–Crippen LogP) is 14.5. The van der Waals surface area contributed by atoms with Gasteiger partial charge in [-0.25, -0.2) is 0 Å². The van der Waals surface area contributed by atoms with Crippen LogP contribution in [-0.4, -0.2) is 13.1 Å². The van der Waals surface area contributed by atoms with E-state index < -0.39 is 0 Å². The molecule has 0 aliphatic rings. The molecule has 1 heteroatoms. The van der Waals surface area contributed by atoms with Crippen LogP contribution in [0.15, 0.2) is 48.6 Å². The van der Waals surface area contributed by atoms with Crippen LogP contribution in [0.3, 0.4) is 0 Å². The summed E-state index contributed by atoms with van der Waals surface area (Å²) in [5.41, 5.74) is 0. The molecule has 0 radical (unpaired) electrons. The Balaban J connectivity index is 3.14. The van der Waals surface area contributed by atoms with Gasteiger partial charge in [0.1, 0.15) is 0 Å². The first kappa shape index (κ1) is 41.9. The summed E-state index contributed by atoms with van der Waals surface area (Å²) in [4.78, 5) is 0. The zero-order valence-corrected chi connectivity index (χ0v) is 29.7. The van der Waals surface area contributed by atoms with E-state index in [4.69, 9.17) is 0 Å². The van der Waals surface area contributed by atoms with Crippen LogP contribution in [0, 0.1) is 0 Å². The second-order valence-electron chi connectivity index (χ2n) is 13.0. The minimum Gasteiger partial charge on any atom is -0.317 e. The Labute approximate surface area is 272 Å². The van der Waals surface area contributed by atoms with E-state index in [0.717, 1.165) is 12.8 Å². The Morgan fingerprint density at radius 3 is 0.837 bits per heavy atom. The molecule has 252 valence electrons. The van der Waals surface area contributed by atoms with Gasteiger partial charge in [-0.3, -0.25) is 0 Å². The molecular formula is C42H79N. The first-order chi connectivity index (χ1) is 21.4. The maximum absolute atomic E-state index is 3.68. The van der Waals surface area contributed by atoms with Crippen molar-refractivity contribution in [2.24, 2.45) is 0 Å². The van der Waals surface area contributed by atoms with E-state index in [1.54, 1.807) is 0 Å². The highest BCUT2D eigenvalue weighted by molar-refractivity contribution is 4.93. The van der Waals surface area contributed by atoms with E-state index in [-0.39, 0.29) is 0 Å². The van der Waals surface area contributed by atoms with Gasteiger partial charge in [-0.05, 0) is 90.1 Å². The van der Waals surface area contributed by atoms with Crippen LogP contribution in [-0.2, 0) is 0 Å². The Kier molecular flexibility index (Phi) is 39.9. The molecule has 1 nitrogen and oxygen atoms in total. The number of hydrogen-bond donors (Lipinski definition) is 1. The van der Waals surface area contributed by atoms with Crippen molar-refractivity contribution in [2.75, 3.05) is 13.1 Å². The molecule has 0 aromatic carbocycles. The molecule has 0 rings (SSSR count). The average Bonchev–Trinajstić information content (AvgIpc) is 3.02. The van der Waals surface area contributed by atoms with Crippen molar-refractivity contribution in [1.29, 1.82) is 0 Å². The molecule has 0 fully saturated rings. The molecule has 0 bridgehead atoms. The predicted molar refractivity (Wildman–Crippen MR) is 199 cm³/mol. The SMILES string of the molecule is CCCCC/C=C\C/C=C\CCCCCCCCCCCNCCCCCCCCCCC/C=C\C/C=C\CCCCC. The van der Waals surface area contributed by atoms with Crippen LogP contribution in [0.5, 0.6) is 0 Å². The fourth-order valence-electron chi connectivity index (χ4n) is 5.66. The summed E-state index contributed by atoms with van der Waals surface area (Å²) in [6.45, 7) is 7.00. The van der Waals surface area contributed by atoms with Gasteiger partial charge in [-0.15, -0.1) is 0 Å². The molecule has 0 atom stereocenters. The van der Waals surface area contributed by atoms with Crippen molar-refractivity contribution in [3.63, 3.8) is 0 Å². The highest BCUT2D eigenvalue weighted by atomic mass is 14.8. The first-order valence-corrected chi connectivity index (χ1v) is 19.7. The molecule has 1 N–H and O–H groups in total. The molecule has 0 amide bonds. The van der Waals surface area contributed by atoms with Crippen LogP contribution >= 0.6 is 0 Å². The van der Waals surface area contributed by atoms with Crippen molar-refractivity contribution in [3.05, 3.63) is 48.6 Å². The van der Waals surface area contributed by atoms with E-state index in [2.05, 4.69) is 67.8 Å². The molecule has 43 heavy (non-hydrogen) atoms. The Morgan fingerprint density at radius 1 is 0.279 bits per heavy atom. The van der Waals surface area contributed by atoms with E-state index in [0.29, 0.717) is 0 Å². The Bertz CT molecular complexity index is 546. The highest BCUT2D eigenvalue weighted by Gasteiger charge is 1.95. The topological polar surface area (TPSA) is 12.0 Å². The second-order valence-corrected chi connectivity index (χ2v) is 13.0. The van der Waals surface area contributed by atoms with Crippen LogP contribution < -0.4 is 5.32 Å². The largest absolute Gasteiger partial charge is 0.317 e. The van der Waals surface area contributed by atoms with Gasteiger partial charge in [0, 0.05) is 0 Å². The fraction of sp³-hybridized carbons (Fsp3) is 0.810. The zero-order chi connectivity index (χ0) is 31.0. The van der Waals surface area contributed by atoms with Crippen molar-refractivity contribution in [2.45, 2.75) is 206 Å². The molecule has 0 saturated carbocycles. The number of nitrogens with one attached hydrogen (secondary N) is 1. The van der Waals surface area contributed by atoms with Gasteiger partial charge in [0.05, 0.1) is 0 Å². The number of unbranched alkanes of at least 4 members (excludes halogenated alkanes) is 24. The lowest BCUT2D eigenvalue weighted by molar-refractivity contribution is 0.526. The minimum atomic E-state index is 1.12. The zero-order valence-electron chi connectivity index (χ0n) is 29.7. The molecule has 0 unspecified atom stereocenters. The third-order valence-electron chi connectivity index (χ3n) is 8.61. The molecule has 0 aliphatic carbocycles. The monoisotopic (exact) mass is 598 g/mol. The summed E-state index contributed by atoms with van der Waals surface area (Å²) in [6.07, 6.45) is 59.8. The summed E-state index contributed by atoms with van der Waals surface area (Å²) >= 11 is 0. The van der Waals surface area contributed by atoms with Crippen molar-refractivity contribution in [1.82, 2.24) is 5.32 Å². The van der Waals surface area contributed by atoms with Crippen molar-refractivity contribution >= 4 is 0 Å². The number of rotatable bonds is 36. The molecule has 0 heterocycles. The molecule has 0 aromatic heterocycles. The summed E-state index contributed by atoms with van der Waals surface area (Å²) in [7, 11) is 0. The molecular weight excluding hydrogens is 518 g/mol. The Morgan fingerprint density at radius 2 is 0.535 bits per heavy atom. The first-order valence-electron chi connectivity index (χ1n) is 19.7.